The van der Waals surface area contributed by atoms with E-state index in [-0.39, 0.29) is 5.92 Å². The van der Waals surface area contributed by atoms with Gasteiger partial charge in [-0.2, -0.15) is 0 Å². The number of carbonyl (C=O) groups is 2. The van der Waals surface area contributed by atoms with E-state index in [0.717, 1.165) is 13.2 Å². The molecule has 1 rings (SSSR count). The van der Waals surface area contributed by atoms with Gasteiger partial charge >= 0.3 is 5.97 Å². The van der Waals surface area contributed by atoms with E-state index in [1.807, 2.05) is 0 Å². The Balaban J connectivity index is 3.01. The normalized spacial score (nSPS) is 12.2. The van der Waals surface area contributed by atoms with E-state index in [2.05, 4.69) is 10.1 Å². The Bertz CT molecular complexity index is 532. The van der Waals surface area contributed by atoms with Crippen LogP contribution in [0.3, 0.4) is 0 Å². The third-order valence-electron chi connectivity index (χ3n) is 2.69. The first kappa shape index (κ1) is 16.0. The maximum Gasteiger partial charge on any atom is 0.328 e. The smallest absolute Gasteiger partial charge is 0.328 e. The second-order valence-electron chi connectivity index (χ2n) is 4.44. The summed E-state index contributed by atoms with van der Waals surface area (Å²) < 4.78 is 43.8. The number of benzene rings is 1. The summed E-state index contributed by atoms with van der Waals surface area (Å²) in [5.41, 5.74) is -0.682. The van der Waals surface area contributed by atoms with Crippen LogP contribution in [-0.2, 0) is 9.53 Å². The van der Waals surface area contributed by atoms with Gasteiger partial charge in [0.2, 0.25) is 0 Å². The van der Waals surface area contributed by atoms with E-state index < -0.39 is 40.9 Å². The zero-order chi connectivity index (χ0) is 15.4. The van der Waals surface area contributed by atoms with Gasteiger partial charge in [0.05, 0.1) is 12.7 Å². The molecule has 1 atom stereocenters. The van der Waals surface area contributed by atoms with Crippen LogP contribution < -0.4 is 5.32 Å². The van der Waals surface area contributed by atoms with E-state index in [0.29, 0.717) is 6.07 Å². The summed E-state index contributed by atoms with van der Waals surface area (Å²) in [7, 11) is 1.14. The molecule has 0 saturated heterocycles. The minimum atomic E-state index is -1.74. The average Bonchev–Trinajstić information content (AvgIpc) is 2.40. The molecule has 110 valence electrons. The van der Waals surface area contributed by atoms with Crippen LogP contribution >= 0.6 is 0 Å². The van der Waals surface area contributed by atoms with Gasteiger partial charge in [-0.1, -0.05) is 13.8 Å². The van der Waals surface area contributed by atoms with Gasteiger partial charge in [0.15, 0.2) is 17.5 Å². The predicted molar refractivity (Wildman–Crippen MR) is 64.4 cm³/mol. The zero-order valence-electron chi connectivity index (χ0n) is 11.2. The number of esters is 1. The van der Waals surface area contributed by atoms with Crippen molar-refractivity contribution in [3.8, 4) is 0 Å². The Hall–Kier alpha value is -2.05. The van der Waals surface area contributed by atoms with Crippen LogP contribution in [0.15, 0.2) is 12.1 Å². The summed E-state index contributed by atoms with van der Waals surface area (Å²) in [6.07, 6.45) is 0. The maximum atomic E-state index is 13.5. The lowest BCUT2D eigenvalue weighted by Gasteiger charge is -2.19. The van der Waals surface area contributed by atoms with Crippen molar-refractivity contribution in [3.05, 3.63) is 35.1 Å². The van der Waals surface area contributed by atoms with Gasteiger partial charge in [-0.05, 0) is 18.1 Å². The molecule has 4 nitrogen and oxygen atoms in total. The van der Waals surface area contributed by atoms with Crippen molar-refractivity contribution in [2.75, 3.05) is 7.11 Å². The first-order chi connectivity index (χ1) is 9.29. The first-order valence-electron chi connectivity index (χ1n) is 5.81. The largest absolute Gasteiger partial charge is 0.467 e. The van der Waals surface area contributed by atoms with Crippen molar-refractivity contribution in [3.63, 3.8) is 0 Å². The van der Waals surface area contributed by atoms with Crippen molar-refractivity contribution in [2.45, 2.75) is 19.9 Å². The van der Waals surface area contributed by atoms with Crippen LogP contribution in [-0.4, -0.2) is 25.0 Å². The third-order valence-corrected chi connectivity index (χ3v) is 2.69. The van der Waals surface area contributed by atoms with Crippen LogP contribution in [0.1, 0.15) is 24.2 Å². The quantitative estimate of drug-likeness (QED) is 0.681. The fraction of sp³-hybridized carbons (Fsp3) is 0.385. The molecule has 0 aliphatic rings. The molecule has 1 aromatic rings. The summed E-state index contributed by atoms with van der Waals surface area (Å²) >= 11 is 0. The number of amides is 1. The molecule has 0 unspecified atom stereocenters. The van der Waals surface area contributed by atoms with Crippen LogP contribution in [0, 0.1) is 23.4 Å². The van der Waals surface area contributed by atoms with Crippen LogP contribution in [0.4, 0.5) is 13.2 Å². The zero-order valence-corrected chi connectivity index (χ0v) is 11.2. The summed E-state index contributed by atoms with van der Waals surface area (Å²) in [5, 5.41) is 2.23. The summed E-state index contributed by atoms with van der Waals surface area (Å²) in [6.45, 7) is 3.28. The highest BCUT2D eigenvalue weighted by Crippen LogP contribution is 2.16. The van der Waals surface area contributed by atoms with Gasteiger partial charge < -0.3 is 10.1 Å². The summed E-state index contributed by atoms with van der Waals surface area (Å²) in [6, 6.07) is 0.424. The molecule has 7 heteroatoms. The van der Waals surface area contributed by atoms with Crippen molar-refractivity contribution in [1.29, 1.82) is 0 Å². The lowest BCUT2D eigenvalue weighted by molar-refractivity contribution is -0.144. The highest BCUT2D eigenvalue weighted by Gasteiger charge is 2.27. The molecule has 0 bridgehead atoms. The third kappa shape index (κ3) is 3.28. The molecule has 0 saturated carbocycles. The summed E-state index contributed by atoms with van der Waals surface area (Å²) in [5.74, 6) is -6.79. The van der Waals surface area contributed by atoms with Crippen LogP contribution in [0.2, 0.25) is 0 Å². The number of halogens is 3. The molecule has 0 aromatic heterocycles. The van der Waals surface area contributed by atoms with E-state index in [1.54, 1.807) is 13.8 Å². The van der Waals surface area contributed by atoms with E-state index in [9.17, 15) is 22.8 Å². The molecule has 0 fully saturated rings. The second kappa shape index (κ2) is 6.40. The SMILES string of the molecule is COC(=O)[C@@H](NC(=O)c1ccc(F)c(F)c1F)C(C)C. The maximum absolute atomic E-state index is 13.5. The molecule has 0 radical (unpaired) electrons. The van der Waals surface area contributed by atoms with Crippen molar-refractivity contribution in [1.82, 2.24) is 5.32 Å². The lowest BCUT2D eigenvalue weighted by Crippen LogP contribution is -2.45. The molecular weight excluding hydrogens is 275 g/mol. The second-order valence-corrected chi connectivity index (χ2v) is 4.44. The van der Waals surface area contributed by atoms with Gasteiger partial charge in [-0.25, -0.2) is 18.0 Å². The number of rotatable bonds is 4. The molecule has 0 aliphatic carbocycles. The number of hydrogen-bond acceptors (Lipinski definition) is 3. The Morgan fingerprint density at radius 2 is 1.75 bits per heavy atom. The molecule has 1 aromatic carbocycles. The first-order valence-corrected chi connectivity index (χ1v) is 5.81. The minimum Gasteiger partial charge on any atom is -0.467 e. The van der Waals surface area contributed by atoms with Crippen molar-refractivity contribution in [2.24, 2.45) is 5.92 Å². The summed E-state index contributed by atoms with van der Waals surface area (Å²) in [4.78, 5) is 23.3. The lowest BCUT2D eigenvalue weighted by atomic mass is 10.0. The molecule has 0 aliphatic heterocycles. The predicted octanol–water partition coefficient (Wildman–Crippen LogP) is 2.03. The Morgan fingerprint density at radius 3 is 2.25 bits per heavy atom. The van der Waals surface area contributed by atoms with Crippen LogP contribution in [0.25, 0.3) is 0 Å². The van der Waals surface area contributed by atoms with Crippen LogP contribution in [0.5, 0.6) is 0 Å². The van der Waals surface area contributed by atoms with E-state index in [4.69, 9.17) is 0 Å². The monoisotopic (exact) mass is 289 g/mol. The molecule has 1 N–H and O–H groups in total. The number of ether oxygens (including phenoxy) is 1. The van der Waals surface area contributed by atoms with Gasteiger partial charge in [-0.15, -0.1) is 0 Å². The molecular formula is C13H14F3NO3. The Kier molecular flexibility index (Phi) is 5.12. The van der Waals surface area contributed by atoms with Gasteiger partial charge in [0, 0.05) is 0 Å². The number of nitrogens with one attached hydrogen (secondary N) is 1. The molecule has 0 heterocycles. The Morgan fingerprint density at radius 1 is 1.15 bits per heavy atom. The average molecular weight is 289 g/mol. The fourth-order valence-electron chi connectivity index (χ4n) is 1.54. The standard InChI is InChI=1S/C13H14F3NO3/c1-6(2)11(13(19)20-3)17-12(18)7-4-5-8(14)10(16)9(7)15/h4-6,11H,1-3H3,(H,17,18)/t11-/m0/s1. The van der Waals surface area contributed by atoms with Crippen molar-refractivity contribution >= 4 is 11.9 Å². The number of methoxy groups -OCH3 is 1. The fourth-order valence-corrected chi connectivity index (χ4v) is 1.54. The molecule has 0 spiro atoms. The Labute approximate surface area is 113 Å². The number of hydrogen-bond donors (Lipinski definition) is 1. The van der Waals surface area contributed by atoms with Crippen molar-refractivity contribution < 1.29 is 27.5 Å². The topological polar surface area (TPSA) is 55.4 Å². The molecule has 20 heavy (non-hydrogen) atoms. The highest BCUT2D eigenvalue weighted by atomic mass is 19.2. The molecule has 1 amide bonds. The van der Waals surface area contributed by atoms with Gasteiger partial charge in [-0.3, -0.25) is 4.79 Å². The van der Waals surface area contributed by atoms with E-state index >= 15 is 0 Å². The number of carbonyl (C=O) groups excluding carboxylic acids is 2. The highest BCUT2D eigenvalue weighted by molar-refractivity contribution is 5.97. The van der Waals surface area contributed by atoms with E-state index in [1.165, 1.54) is 0 Å². The van der Waals surface area contributed by atoms with Gasteiger partial charge in [0.1, 0.15) is 6.04 Å². The minimum absolute atomic E-state index is 0.320. The van der Waals surface area contributed by atoms with Gasteiger partial charge in [0.25, 0.3) is 5.91 Å².